The molecule has 0 aromatic heterocycles. The summed E-state index contributed by atoms with van der Waals surface area (Å²) in [6.45, 7) is -0.372. The zero-order chi connectivity index (χ0) is 21.5. The third-order valence-electron chi connectivity index (χ3n) is 4.03. The van der Waals surface area contributed by atoms with E-state index in [1.165, 1.54) is 23.5 Å². The fourth-order valence-electron chi connectivity index (χ4n) is 2.61. The van der Waals surface area contributed by atoms with Gasteiger partial charge < -0.3 is 11.1 Å². The van der Waals surface area contributed by atoms with Crippen LogP contribution in [0.1, 0.15) is 6.42 Å². The molecule has 0 fully saturated rings. The number of primary amides is 1. The van der Waals surface area contributed by atoms with Crippen LogP contribution in [0, 0.1) is 0 Å². The van der Waals surface area contributed by atoms with Crippen molar-refractivity contribution in [2.24, 2.45) is 5.73 Å². The molecule has 0 saturated carbocycles. The van der Waals surface area contributed by atoms with Crippen LogP contribution in [0.2, 0.25) is 0 Å². The van der Waals surface area contributed by atoms with Gasteiger partial charge in [-0.15, -0.1) is 0 Å². The van der Waals surface area contributed by atoms with E-state index in [4.69, 9.17) is 5.73 Å². The van der Waals surface area contributed by atoms with Gasteiger partial charge in [-0.25, -0.2) is 0 Å². The lowest BCUT2D eigenvalue weighted by molar-refractivity contribution is -0.137. The number of rotatable bonds is 9. The Morgan fingerprint density at radius 2 is 1.30 bits per heavy atom. The Morgan fingerprint density at radius 1 is 0.833 bits per heavy atom. The molecule has 0 unspecified atom stereocenters. The number of carbonyl (C=O) groups excluding carboxylic acids is 4. The molecule has 3 N–H and O–H groups in total. The number of nitrogens with zero attached hydrogens (tertiary/aromatic N) is 1. The molecule has 0 spiro atoms. The van der Waals surface area contributed by atoms with Gasteiger partial charge in [-0.3, -0.25) is 24.1 Å². The van der Waals surface area contributed by atoms with Crippen molar-refractivity contribution in [3.8, 4) is 0 Å². The average Bonchev–Trinajstić information content (AvgIpc) is 2.96. The van der Waals surface area contributed by atoms with Gasteiger partial charge in [-0.1, -0.05) is 59.9 Å². The highest BCUT2D eigenvalue weighted by Gasteiger charge is 2.39. The molecular weight excluding hydrogens is 422 g/mol. The number of amides is 4. The van der Waals surface area contributed by atoms with E-state index < -0.39 is 23.6 Å². The predicted molar refractivity (Wildman–Crippen MR) is 115 cm³/mol. The molecule has 0 aliphatic carbocycles. The maximum absolute atomic E-state index is 13.0. The number of carbonyl (C=O) groups is 4. The molecule has 1 aliphatic heterocycles. The van der Waals surface area contributed by atoms with Crippen molar-refractivity contribution in [3.05, 3.63) is 70.5 Å². The summed E-state index contributed by atoms with van der Waals surface area (Å²) in [6, 6.07) is 18.6. The largest absolute Gasteiger partial charge is 0.368 e. The lowest BCUT2D eigenvalue weighted by Crippen LogP contribution is -2.38. The second-order valence-corrected chi connectivity index (χ2v) is 8.41. The zero-order valence-electron chi connectivity index (χ0n) is 15.9. The summed E-state index contributed by atoms with van der Waals surface area (Å²) in [5.41, 5.74) is 5.00. The number of hydrogen-bond donors (Lipinski definition) is 2. The van der Waals surface area contributed by atoms with E-state index in [0.717, 1.165) is 14.7 Å². The van der Waals surface area contributed by atoms with Gasteiger partial charge in [0.05, 0.1) is 16.4 Å². The Morgan fingerprint density at radius 3 is 1.73 bits per heavy atom. The Kier molecular flexibility index (Phi) is 7.31. The smallest absolute Gasteiger partial charge is 0.268 e. The van der Waals surface area contributed by atoms with Crippen molar-refractivity contribution in [2.75, 3.05) is 13.1 Å². The number of thioether (sulfide) groups is 2. The highest BCUT2D eigenvalue weighted by molar-refractivity contribution is 8.08. The number of nitrogens with two attached hydrogens (primary N) is 1. The molecule has 1 heterocycles. The summed E-state index contributed by atoms with van der Waals surface area (Å²) in [5.74, 6) is -2.00. The molecule has 0 radical (unpaired) electrons. The minimum atomic E-state index is -0.665. The molecule has 4 amide bonds. The van der Waals surface area contributed by atoms with Gasteiger partial charge in [0.25, 0.3) is 11.8 Å². The third kappa shape index (κ3) is 5.52. The van der Waals surface area contributed by atoms with Crippen molar-refractivity contribution in [1.29, 1.82) is 0 Å². The van der Waals surface area contributed by atoms with Crippen LogP contribution in [0.25, 0.3) is 0 Å². The molecule has 1 aliphatic rings. The third-order valence-corrected chi connectivity index (χ3v) is 6.34. The van der Waals surface area contributed by atoms with E-state index in [2.05, 4.69) is 5.32 Å². The summed E-state index contributed by atoms with van der Waals surface area (Å²) in [5, 5.41) is 2.35. The number of nitrogens with one attached hydrogen (secondary N) is 1. The Balaban J connectivity index is 1.79. The average molecular weight is 442 g/mol. The lowest BCUT2D eigenvalue weighted by atomic mass is 10.3. The van der Waals surface area contributed by atoms with Crippen LogP contribution in [0.4, 0.5) is 0 Å². The molecule has 7 nitrogen and oxygen atoms in total. The number of hydrogen-bond acceptors (Lipinski definition) is 6. The zero-order valence-corrected chi connectivity index (χ0v) is 17.5. The van der Waals surface area contributed by atoms with Gasteiger partial charge in [-0.2, -0.15) is 0 Å². The van der Waals surface area contributed by atoms with E-state index in [1.807, 2.05) is 60.7 Å². The molecule has 3 rings (SSSR count). The van der Waals surface area contributed by atoms with Crippen molar-refractivity contribution in [3.63, 3.8) is 0 Å². The maximum Gasteiger partial charge on any atom is 0.268 e. The van der Waals surface area contributed by atoms with Crippen LogP contribution in [-0.2, 0) is 19.2 Å². The standard InChI is InChI=1S/C21H19N3O4S2/c22-16(25)13-23-17(26)11-12-24-20(27)18(29-14-7-3-1-4-8-14)19(21(24)28)30-15-9-5-2-6-10-15/h1-10H,11-13H2,(H2,22,25)(H,23,26). The second-order valence-electron chi connectivity index (χ2n) is 6.24. The molecule has 2 aromatic carbocycles. The van der Waals surface area contributed by atoms with E-state index in [-0.39, 0.29) is 19.5 Å². The number of imide groups is 1. The molecule has 2 aromatic rings. The molecule has 0 saturated heterocycles. The van der Waals surface area contributed by atoms with Crippen LogP contribution in [0.3, 0.4) is 0 Å². The summed E-state index contributed by atoms with van der Waals surface area (Å²) >= 11 is 2.46. The van der Waals surface area contributed by atoms with Gasteiger partial charge in [-0.05, 0) is 24.3 Å². The molecule has 30 heavy (non-hydrogen) atoms. The van der Waals surface area contributed by atoms with E-state index in [0.29, 0.717) is 9.81 Å². The van der Waals surface area contributed by atoms with Crippen LogP contribution in [0.5, 0.6) is 0 Å². The number of benzene rings is 2. The van der Waals surface area contributed by atoms with Crippen molar-refractivity contribution >= 4 is 47.2 Å². The lowest BCUT2D eigenvalue weighted by Gasteiger charge is -2.14. The fraction of sp³-hybridized carbons (Fsp3) is 0.143. The van der Waals surface area contributed by atoms with Crippen molar-refractivity contribution in [1.82, 2.24) is 10.2 Å². The maximum atomic E-state index is 13.0. The highest BCUT2D eigenvalue weighted by atomic mass is 32.2. The van der Waals surface area contributed by atoms with E-state index in [9.17, 15) is 19.2 Å². The van der Waals surface area contributed by atoms with Crippen molar-refractivity contribution < 1.29 is 19.2 Å². The fourth-order valence-corrected chi connectivity index (χ4v) is 4.68. The summed E-state index contributed by atoms with van der Waals surface area (Å²) in [7, 11) is 0. The van der Waals surface area contributed by atoms with Crippen LogP contribution >= 0.6 is 23.5 Å². The second kappa shape index (κ2) is 10.1. The summed E-state index contributed by atoms with van der Waals surface area (Å²) in [4.78, 5) is 52.1. The molecule has 0 bridgehead atoms. The monoisotopic (exact) mass is 441 g/mol. The van der Waals surface area contributed by atoms with Gasteiger partial charge in [0, 0.05) is 22.8 Å². The Bertz CT molecular complexity index is 930. The molecule has 154 valence electrons. The van der Waals surface area contributed by atoms with Gasteiger partial charge in [0.2, 0.25) is 11.8 Å². The van der Waals surface area contributed by atoms with Crippen LogP contribution in [0.15, 0.2) is 80.3 Å². The first kappa shape index (κ1) is 21.7. The van der Waals surface area contributed by atoms with Crippen LogP contribution < -0.4 is 11.1 Å². The Labute approximate surface area is 182 Å². The minimum absolute atomic E-state index is 0.0834. The first-order valence-corrected chi connectivity index (χ1v) is 10.7. The van der Waals surface area contributed by atoms with Crippen LogP contribution in [-0.4, -0.2) is 41.6 Å². The topological polar surface area (TPSA) is 110 Å². The first-order chi connectivity index (χ1) is 14.5. The molecule has 0 atom stereocenters. The first-order valence-electron chi connectivity index (χ1n) is 9.07. The highest BCUT2D eigenvalue weighted by Crippen LogP contribution is 2.42. The van der Waals surface area contributed by atoms with E-state index >= 15 is 0 Å². The van der Waals surface area contributed by atoms with E-state index in [1.54, 1.807) is 0 Å². The Hall–Kier alpha value is -3.04. The normalized spacial score (nSPS) is 13.7. The SMILES string of the molecule is NC(=O)CNC(=O)CCN1C(=O)C(Sc2ccccc2)=C(Sc2ccccc2)C1=O. The molecular formula is C21H19N3O4S2. The molecule has 9 heteroatoms. The van der Waals surface area contributed by atoms with Gasteiger partial charge >= 0.3 is 0 Å². The van der Waals surface area contributed by atoms with Gasteiger partial charge in [0.1, 0.15) is 0 Å². The summed E-state index contributed by atoms with van der Waals surface area (Å²) in [6.07, 6.45) is -0.114. The van der Waals surface area contributed by atoms with Crippen molar-refractivity contribution in [2.45, 2.75) is 16.2 Å². The quantitative estimate of drug-likeness (QED) is 0.577. The van der Waals surface area contributed by atoms with Gasteiger partial charge in [0.15, 0.2) is 0 Å². The predicted octanol–water partition coefficient (Wildman–Crippen LogP) is 2.14. The minimum Gasteiger partial charge on any atom is -0.368 e. The summed E-state index contributed by atoms with van der Waals surface area (Å²) < 4.78 is 0.